The van der Waals surface area contributed by atoms with E-state index in [2.05, 4.69) is 10.5 Å². The molecule has 0 fully saturated rings. The summed E-state index contributed by atoms with van der Waals surface area (Å²) >= 11 is 0. The van der Waals surface area contributed by atoms with Gasteiger partial charge >= 0.3 is 0 Å². The zero-order chi connectivity index (χ0) is 11.7. The number of para-hydroxylation sites is 1. The summed E-state index contributed by atoms with van der Waals surface area (Å²) in [7, 11) is 0. The van der Waals surface area contributed by atoms with Crippen molar-refractivity contribution in [2.24, 2.45) is 5.10 Å². The topological polar surface area (TPSA) is 57.8 Å². The zero-order valence-corrected chi connectivity index (χ0v) is 9.13. The molecule has 86 valence electrons. The van der Waals surface area contributed by atoms with Crippen molar-refractivity contribution in [3.05, 3.63) is 54.0 Å². The second-order valence-corrected chi connectivity index (χ2v) is 3.98. The van der Waals surface area contributed by atoms with Gasteiger partial charge < -0.3 is 14.9 Å². The van der Waals surface area contributed by atoms with E-state index in [1.807, 2.05) is 30.3 Å². The molecule has 1 unspecified atom stereocenters. The smallest absolute Gasteiger partial charge is 0.149 e. The average Bonchev–Trinajstić information content (AvgIpc) is 3.00. The van der Waals surface area contributed by atoms with Crippen molar-refractivity contribution in [2.75, 3.05) is 0 Å². The number of furan rings is 1. The van der Waals surface area contributed by atoms with Crippen LogP contribution in [0.3, 0.4) is 0 Å². The standard InChI is InChI=1S/C13H12N2O2/c16-12-5-2-1-4-9(12)10-8-11(15-14-10)13-6-3-7-17-13/h1-7,10,14,16H,8H2. The monoisotopic (exact) mass is 228 g/mol. The van der Waals surface area contributed by atoms with Crippen LogP contribution in [0.25, 0.3) is 0 Å². The second-order valence-electron chi connectivity index (χ2n) is 3.98. The van der Waals surface area contributed by atoms with Crippen molar-refractivity contribution in [3.63, 3.8) is 0 Å². The van der Waals surface area contributed by atoms with Gasteiger partial charge in [-0.25, -0.2) is 0 Å². The van der Waals surface area contributed by atoms with Gasteiger partial charge in [0, 0.05) is 12.0 Å². The fourth-order valence-corrected chi connectivity index (χ4v) is 2.00. The summed E-state index contributed by atoms with van der Waals surface area (Å²) in [6.07, 6.45) is 2.34. The number of benzene rings is 1. The highest BCUT2D eigenvalue weighted by Gasteiger charge is 2.24. The van der Waals surface area contributed by atoms with Gasteiger partial charge in [-0.2, -0.15) is 5.10 Å². The largest absolute Gasteiger partial charge is 0.508 e. The Balaban J connectivity index is 1.81. The lowest BCUT2D eigenvalue weighted by Gasteiger charge is -2.11. The van der Waals surface area contributed by atoms with E-state index < -0.39 is 0 Å². The molecule has 1 aromatic carbocycles. The minimum Gasteiger partial charge on any atom is -0.508 e. The van der Waals surface area contributed by atoms with E-state index in [1.54, 1.807) is 12.3 Å². The van der Waals surface area contributed by atoms with Crippen molar-refractivity contribution >= 4 is 5.71 Å². The average molecular weight is 228 g/mol. The normalized spacial score (nSPS) is 18.8. The molecule has 1 aliphatic heterocycles. The first-order valence-electron chi connectivity index (χ1n) is 5.48. The molecule has 17 heavy (non-hydrogen) atoms. The molecule has 3 rings (SSSR count). The molecule has 0 saturated heterocycles. The summed E-state index contributed by atoms with van der Waals surface area (Å²) in [6.45, 7) is 0. The van der Waals surface area contributed by atoms with Crippen LogP contribution < -0.4 is 5.43 Å². The molecule has 1 aromatic heterocycles. The minimum absolute atomic E-state index is 0.0105. The molecule has 4 nitrogen and oxygen atoms in total. The second kappa shape index (κ2) is 3.97. The van der Waals surface area contributed by atoms with E-state index in [1.165, 1.54) is 0 Å². The van der Waals surface area contributed by atoms with E-state index >= 15 is 0 Å². The Kier molecular flexibility index (Phi) is 2.33. The van der Waals surface area contributed by atoms with Gasteiger partial charge in [-0.1, -0.05) is 18.2 Å². The van der Waals surface area contributed by atoms with E-state index in [-0.39, 0.29) is 6.04 Å². The molecule has 4 heteroatoms. The first-order valence-corrected chi connectivity index (χ1v) is 5.48. The molecule has 0 bridgehead atoms. The summed E-state index contributed by atoms with van der Waals surface area (Å²) in [5, 5.41) is 14.0. The van der Waals surface area contributed by atoms with Crippen LogP contribution in [0, 0.1) is 0 Å². The molecule has 0 radical (unpaired) electrons. The Hall–Kier alpha value is -2.23. The van der Waals surface area contributed by atoms with Gasteiger partial charge in [0.05, 0.1) is 12.3 Å². The maximum absolute atomic E-state index is 9.77. The van der Waals surface area contributed by atoms with Crippen LogP contribution >= 0.6 is 0 Å². The first-order chi connectivity index (χ1) is 8.34. The molecule has 0 spiro atoms. The van der Waals surface area contributed by atoms with Gasteiger partial charge in [0.1, 0.15) is 17.2 Å². The van der Waals surface area contributed by atoms with Crippen LogP contribution in [-0.4, -0.2) is 10.8 Å². The maximum Gasteiger partial charge on any atom is 0.149 e. The Morgan fingerprint density at radius 1 is 1.24 bits per heavy atom. The lowest BCUT2D eigenvalue weighted by Crippen LogP contribution is -2.09. The summed E-state index contributed by atoms with van der Waals surface area (Å²) in [5.74, 6) is 1.07. The highest BCUT2D eigenvalue weighted by molar-refractivity contribution is 5.99. The van der Waals surface area contributed by atoms with Crippen LogP contribution in [-0.2, 0) is 0 Å². The van der Waals surface area contributed by atoms with Gasteiger partial charge in [0.15, 0.2) is 0 Å². The summed E-state index contributed by atoms with van der Waals surface area (Å²) < 4.78 is 5.30. The van der Waals surface area contributed by atoms with Crippen molar-refractivity contribution in [1.29, 1.82) is 0 Å². The third-order valence-electron chi connectivity index (χ3n) is 2.87. The van der Waals surface area contributed by atoms with Crippen molar-refractivity contribution in [2.45, 2.75) is 12.5 Å². The molecule has 2 heterocycles. The van der Waals surface area contributed by atoms with Crippen LogP contribution in [0.1, 0.15) is 23.8 Å². The number of hydrogen-bond acceptors (Lipinski definition) is 4. The Morgan fingerprint density at radius 2 is 2.12 bits per heavy atom. The molecule has 1 atom stereocenters. The fraction of sp³-hybridized carbons (Fsp3) is 0.154. The minimum atomic E-state index is 0.0105. The quantitative estimate of drug-likeness (QED) is 0.829. The molecular formula is C13H12N2O2. The van der Waals surface area contributed by atoms with Crippen molar-refractivity contribution in [1.82, 2.24) is 5.43 Å². The summed E-state index contributed by atoms with van der Waals surface area (Å²) in [4.78, 5) is 0. The predicted octanol–water partition coefficient (Wildman–Crippen LogP) is 2.42. The van der Waals surface area contributed by atoms with Crippen LogP contribution in [0.4, 0.5) is 0 Å². The number of nitrogens with one attached hydrogen (secondary N) is 1. The summed E-state index contributed by atoms with van der Waals surface area (Å²) in [6, 6.07) is 11.0. The highest BCUT2D eigenvalue weighted by Crippen LogP contribution is 2.30. The Labute approximate surface area is 98.6 Å². The Bertz CT molecular complexity index is 546. The summed E-state index contributed by atoms with van der Waals surface area (Å²) in [5.41, 5.74) is 4.76. The van der Waals surface area contributed by atoms with E-state index in [0.717, 1.165) is 17.0 Å². The molecule has 2 aromatic rings. The predicted molar refractivity (Wildman–Crippen MR) is 63.8 cm³/mol. The van der Waals surface area contributed by atoms with Crippen LogP contribution in [0.2, 0.25) is 0 Å². The first kappa shape index (κ1) is 9.96. The molecule has 1 aliphatic rings. The number of rotatable bonds is 2. The van der Waals surface area contributed by atoms with E-state index in [0.29, 0.717) is 12.2 Å². The third kappa shape index (κ3) is 1.78. The molecular weight excluding hydrogens is 216 g/mol. The van der Waals surface area contributed by atoms with Gasteiger partial charge in [-0.05, 0) is 18.2 Å². The van der Waals surface area contributed by atoms with E-state index in [9.17, 15) is 5.11 Å². The van der Waals surface area contributed by atoms with E-state index in [4.69, 9.17) is 4.42 Å². The number of aromatic hydroxyl groups is 1. The van der Waals surface area contributed by atoms with Crippen LogP contribution in [0.15, 0.2) is 52.2 Å². The zero-order valence-electron chi connectivity index (χ0n) is 9.13. The number of nitrogens with zero attached hydrogens (tertiary/aromatic N) is 1. The maximum atomic E-state index is 9.77. The molecule has 0 amide bonds. The third-order valence-corrected chi connectivity index (χ3v) is 2.87. The molecule has 0 saturated carbocycles. The van der Waals surface area contributed by atoms with Gasteiger partial charge in [0.2, 0.25) is 0 Å². The van der Waals surface area contributed by atoms with Gasteiger partial charge in [-0.15, -0.1) is 0 Å². The SMILES string of the molecule is Oc1ccccc1C1CC(c2ccco2)=NN1. The number of phenolic OH excluding ortho intramolecular Hbond substituents is 1. The van der Waals surface area contributed by atoms with Gasteiger partial charge in [-0.3, -0.25) is 0 Å². The van der Waals surface area contributed by atoms with Gasteiger partial charge in [0.25, 0.3) is 0 Å². The lowest BCUT2D eigenvalue weighted by molar-refractivity contribution is 0.455. The van der Waals surface area contributed by atoms with Crippen molar-refractivity contribution in [3.8, 4) is 5.75 Å². The Morgan fingerprint density at radius 3 is 2.88 bits per heavy atom. The number of phenols is 1. The highest BCUT2D eigenvalue weighted by atomic mass is 16.3. The number of hydrogen-bond donors (Lipinski definition) is 2. The molecule has 2 N–H and O–H groups in total. The van der Waals surface area contributed by atoms with Crippen LogP contribution in [0.5, 0.6) is 5.75 Å². The molecule has 0 aliphatic carbocycles. The fourth-order valence-electron chi connectivity index (χ4n) is 2.00. The van der Waals surface area contributed by atoms with Crippen molar-refractivity contribution < 1.29 is 9.52 Å². The number of hydrazone groups is 1. The lowest BCUT2D eigenvalue weighted by atomic mass is 10.0.